The molecular weight excluding hydrogens is 491 g/mol. The van der Waals surface area contributed by atoms with Crippen molar-refractivity contribution in [1.82, 2.24) is 4.90 Å². The van der Waals surface area contributed by atoms with E-state index in [0.29, 0.717) is 17.5 Å². The van der Waals surface area contributed by atoms with Crippen molar-refractivity contribution >= 4 is 11.9 Å². The number of carboxylic acids is 1. The number of alkyl halides is 3. The van der Waals surface area contributed by atoms with Crippen molar-refractivity contribution in [2.45, 2.75) is 58.3 Å². The lowest BCUT2D eigenvalue weighted by molar-refractivity contribution is -0.157. The second kappa shape index (κ2) is 13.0. The third kappa shape index (κ3) is 7.72. The number of aryl methyl sites for hydroxylation is 1. The van der Waals surface area contributed by atoms with Crippen molar-refractivity contribution in [3.8, 4) is 11.8 Å². The van der Waals surface area contributed by atoms with Gasteiger partial charge in [0, 0.05) is 17.7 Å². The summed E-state index contributed by atoms with van der Waals surface area (Å²) in [7, 11) is 0. The van der Waals surface area contributed by atoms with Crippen LogP contribution in [0.2, 0.25) is 0 Å². The van der Waals surface area contributed by atoms with Crippen LogP contribution >= 0.6 is 0 Å². The number of hydrogen-bond acceptors (Lipinski definition) is 2. The number of halogens is 3. The van der Waals surface area contributed by atoms with E-state index in [1.165, 1.54) is 22.6 Å². The third-order valence-corrected chi connectivity index (χ3v) is 6.26. The minimum Gasteiger partial charge on any atom is -0.474 e. The number of hydrogen-bond donors (Lipinski definition) is 1. The van der Waals surface area contributed by atoms with E-state index >= 15 is 0 Å². The maximum absolute atomic E-state index is 13.0. The van der Waals surface area contributed by atoms with Gasteiger partial charge in [0.1, 0.15) is 0 Å². The molecule has 198 valence electrons. The molecule has 7 heteroatoms. The normalized spacial score (nSPS) is 11.8. The average Bonchev–Trinajstić information content (AvgIpc) is 2.91. The van der Waals surface area contributed by atoms with Gasteiger partial charge in [-0.2, -0.15) is 13.2 Å². The summed E-state index contributed by atoms with van der Waals surface area (Å²) in [6.45, 7) is 3.89. The van der Waals surface area contributed by atoms with Crippen molar-refractivity contribution in [2.75, 3.05) is 0 Å². The number of carbonyl (C=O) groups excluding carboxylic acids is 1. The fourth-order valence-electron chi connectivity index (χ4n) is 4.15. The monoisotopic (exact) mass is 521 g/mol. The summed E-state index contributed by atoms with van der Waals surface area (Å²) < 4.78 is 38.9. The lowest BCUT2D eigenvalue weighted by Gasteiger charge is -2.30. The Morgan fingerprint density at radius 3 is 1.82 bits per heavy atom. The van der Waals surface area contributed by atoms with E-state index in [9.17, 15) is 27.9 Å². The fraction of sp³-hybridized carbons (Fsp3) is 0.290. The Morgan fingerprint density at radius 2 is 1.37 bits per heavy atom. The molecule has 38 heavy (non-hydrogen) atoms. The summed E-state index contributed by atoms with van der Waals surface area (Å²) >= 11 is 0. The summed E-state index contributed by atoms with van der Waals surface area (Å²) in [5.41, 5.74) is 3.24. The van der Waals surface area contributed by atoms with Crippen LogP contribution in [0.15, 0.2) is 72.8 Å². The zero-order valence-corrected chi connectivity index (χ0v) is 21.4. The molecule has 0 saturated heterocycles. The molecule has 1 atom stereocenters. The molecule has 3 aromatic carbocycles. The smallest absolute Gasteiger partial charge is 0.416 e. The van der Waals surface area contributed by atoms with Gasteiger partial charge in [0.2, 0.25) is 0 Å². The number of unbranched alkanes of at least 4 members (excludes halogenated alkanes) is 1. The highest BCUT2D eigenvalue weighted by molar-refractivity contribution is 6.31. The van der Waals surface area contributed by atoms with E-state index in [1.807, 2.05) is 12.1 Å². The Labute approximate surface area is 221 Å². The maximum Gasteiger partial charge on any atom is 0.416 e. The number of benzene rings is 3. The molecule has 0 bridgehead atoms. The minimum absolute atomic E-state index is 0.0163. The van der Waals surface area contributed by atoms with Crippen LogP contribution in [0.3, 0.4) is 0 Å². The largest absolute Gasteiger partial charge is 0.474 e. The molecule has 0 heterocycles. The van der Waals surface area contributed by atoms with Crippen LogP contribution in [-0.4, -0.2) is 21.9 Å². The highest BCUT2D eigenvalue weighted by Crippen LogP contribution is 2.32. The van der Waals surface area contributed by atoms with Gasteiger partial charge in [0.15, 0.2) is 0 Å². The predicted molar refractivity (Wildman–Crippen MR) is 140 cm³/mol. The number of carboxylic acid groups (broad SMARTS) is 1. The van der Waals surface area contributed by atoms with E-state index in [1.54, 1.807) is 31.2 Å². The molecule has 0 radical (unpaired) electrons. The van der Waals surface area contributed by atoms with Crippen LogP contribution in [0.5, 0.6) is 0 Å². The number of rotatable bonds is 8. The highest BCUT2D eigenvalue weighted by Gasteiger charge is 2.32. The molecule has 0 fully saturated rings. The molecule has 0 aliphatic rings. The van der Waals surface area contributed by atoms with Crippen LogP contribution in [0.25, 0.3) is 0 Å². The van der Waals surface area contributed by atoms with E-state index in [4.69, 9.17) is 0 Å². The zero-order chi connectivity index (χ0) is 27.7. The van der Waals surface area contributed by atoms with Crippen LogP contribution < -0.4 is 0 Å². The van der Waals surface area contributed by atoms with Crippen molar-refractivity contribution in [2.24, 2.45) is 0 Å². The lowest BCUT2D eigenvalue weighted by Crippen LogP contribution is -2.38. The molecule has 1 amide bonds. The molecule has 0 saturated carbocycles. The standard InChI is InChI=1S/C31H30F3NO3/c1-3-5-6-22-7-9-23(10-8-22)11-12-24-13-15-25(16-14-24)21-35(29(36)30(37)38)28(4-2)26-17-19-27(20-18-26)31(32,33)34/h7-10,13-20,28H,3-6,21H2,1-2H3,(H,37,38). The number of amides is 1. The number of carbonyl (C=O) groups is 2. The molecule has 1 unspecified atom stereocenters. The summed E-state index contributed by atoms with van der Waals surface area (Å²) in [5.74, 6) is 3.49. The summed E-state index contributed by atoms with van der Waals surface area (Å²) in [5, 5.41) is 9.40. The lowest BCUT2D eigenvalue weighted by atomic mass is 9.99. The molecule has 0 aliphatic heterocycles. The fourth-order valence-corrected chi connectivity index (χ4v) is 4.15. The second-order valence-corrected chi connectivity index (χ2v) is 9.03. The van der Waals surface area contributed by atoms with Gasteiger partial charge in [-0.05, 0) is 72.4 Å². The second-order valence-electron chi connectivity index (χ2n) is 9.03. The first-order chi connectivity index (χ1) is 18.1. The topological polar surface area (TPSA) is 57.6 Å². The maximum atomic E-state index is 13.0. The highest BCUT2D eigenvalue weighted by atomic mass is 19.4. The van der Waals surface area contributed by atoms with E-state index in [-0.39, 0.29) is 6.54 Å². The van der Waals surface area contributed by atoms with Gasteiger partial charge >= 0.3 is 18.1 Å². The molecule has 4 nitrogen and oxygen atoms in total. The quantitative estimate of drug-likeness (QED) is 0.256. The Morgan fingerprint density at radius 1 is 0.842 bits per heavy atom. The summed E-state index contributed by atoms with van der Waals surface area (Å²) in [6.07, 6.45) is -0.820. The SMILES string of the molecule is CCCCc1ccc(C#Cc2ccc(CN(C(=O)C(=O)O)C(CC)c3ccc(C(F)(F)F)cc3)cc2)cc1. The molecule has 0 spiro atoms. The Bertz CT molecular complexity index is 1290. The first-order valence-corrected chi connectivity index (χ1v) is 12.5. The predicted octanol–water partition coefficient (Wildman–Crippen LogP) is 7.01. The molecule has 0 aliphatic carbocycles. The molecule has 3 rings (SSSR count). The Kier molecular flexibility index (Phi) is 9.72. The zero-order valence-electron chi connectivity index (χ0n) is 21.4. The van der Waals surface area contributed by atoms with Gasteiger partial charge in [-0.25, -0.2) is 4.79 Å². The van der Waals surface area contributed by atoms with Gasteiger partial charge in [-0.3, -0.25) is 4.79 Å². The van der Waals surface area contributed by atoms with E-state index in [2.05, 4.69) is 30.9 Å². The number of aliphatic carboxylic acids is 1. The first-order valence-electron chi connectivity index (χ1n) is 12.5. The average molecular weight is 522 g/mol. The van der Waals surface area contributed by atoms with Crippen molar-refractivity contribution in [3.05, 3.63) is 106 Å². The van der Waals surface area contributed by atoms with Crippen LogP contribution in [0, 0.1) is 11.8 Å². The minimum atomic E-state index is -4.49. The van der Waals surface area contributed by atoms with Gasteiger partial charge in [0.05, 0.1) is 11.6 Å². The van der Waals surface area contributed by atoms with Crippen LogP contribution in [0.1, 0.15) is 72.5 Å². The molecular formula is C31H30F3NO3. The summed E-state index contributed by atoms with van der Waals surface area (Å²) in [4.78, 5) is 25.3. The molecule has 1 N–H and O–H groups in total. The Balaban J connectivity index is 1.77. The Hall–Kier alpha value is -4.05. The first kappa shape index (κ1) is 28.5. The molecule has 3 aromatic rings. The van der Waals surface area contributed by atoms with Crippen molar-refractivity contribution in [1.29, 1.82) is 0 Å². The van der Waals surface area contributed by atoms with E-state index in [0.717, 1.165) is 42.5 Å². The third-order valence-electron chi connectivity index (χ3n) is 6.26. The van der Waals surface area contributed by atoms with Crippen LogP contribution in [-0.2, 0) is 28.7 Å². The van der Waals surface area contributed by atoms with E-state index < -0.39 is 29.7 Å². The van der Waals surface area contributed by atoms with Crippen LogP contribution in [0.4, 0.5) is 13.2 Å². The summed E-state index contributed by atoms with van der Waals surface area (Å²) in [6, 6.07) is 19.0. The van der Waals surface area contributed by atoms with Gasteiger partial charge in [-0.1, -0.05) is 68.5 Å². The number of nitrogens with zero attached hydrogens (tertiary/aromatic N) is 1. The van der Waals surface area contributed by atoms with Gasteiger partial charge in [0.25, 0.3) is 0 Å². The van der Waals surface area contributed by atoms with Crippen molar-refractivity contribution < 1.29 is 27.9 Å². The van der Waals surface area contributed by atoms with Gasteiger partial charge in [-0.15, -0.1) is 0 Å². The van der Waals surface area contributed by atoms with Crippen molar-refractivity contribution in [3.63, 3.8) is 0 Å². The van der Waals surface area contributed by atoms with Gasteiger partial charge < -0.3 is 10.0 Å². The molecule has 0 aromatic heterocycles.